The van der Waals surface area contributed by atoms with Gasteiger partial charge in [-0.15, -0.1) is 5.10 Å². The summed E-state index contributed by atoms with van der Waals surface area (Å²) in [6.45, 7) is 1.96. The molecule has 0 spiro atoms. The van der Waals surface area contributed by atoms with Gasteiger partial charge in [-0.05, 0) is 37.3 Å². The lowest BCUT2D eigenvalue weighted by Crippen LogP contribution is -2.16. The minimum atomic E-state index is -0.755. The number of halogens is 2. The summed E-state index contributed by atoms with van der Waals surface area (Å²) in [6, 6.07) is 12.1. The Labute approximate surface area is 180 Å². The Morgan fingerprint density at radius 2 is 1.84 bits per heavy atom. The topological polar surface area (TPSA) is 85.6 Å². The molecule has 10 heteroatoms. The van der Waals surface area contributed by atoms with Crippen LogP contribution in [0.1, 0.15) is 21.7 Å². The maximum absolute atomic E-state index is 14.0. The highest BCUT2D eigenvalue weighted by Gasteiger charge is 2.22. The molecular formula is C21H16F2N6OS. The van der Waals surface area contributed by atoms with Gasteiger partial charge in [-0.3, -0.25) is 4.79 Å². The van der Waals surface area contributed by atoms with Crippen molar-refractivity contribution in [3.05, 3.63) is 89.5 Å². The summed E-state index contributed by atoms with van der Waals surface area (Å²) in [7, 11) is 0. The number of carbonyl (C=O) groups excluding carboxylic acids is 1. The molecule has 7 nitrogen and oxygen atoms in total. The van der Waals surface area contributed by atoms with Crippen molar-refractivity contribution in [2.45, 2.75) is 17.8 Å². The fraction of sp³-hybridized carbons (Fsp3) is 0.0952. The highest BCUT2D eigenvalue weighted by molar-refractivity contribution is 7.98. The maximum Gasteiger partial charge on any atom is 0.278 e. The van der Waals surface area contributed by atoms with Gasteiger partial charge in [0.05, 0.1) is 17.1 Å². The van der Waals surface area contributed by atoms with Gasteiger partial charge in [0.15, 0.2) is 10.9 Å². The normalized spacial score (nSPS) is 10.8. The molecule has 0 radical (unpaired) electrons. The van der Waals surface area contributed by atoms with Crippen LogP contribution in [0.5, 0.6) is 0 Å². The summed E-state index contributed by atoms with van der Waals surface area (Å²) in [5.41, 5.74) is 1.96. The van der Waals surface area contributed by atoms with Gasteiger partial charge in [0.2, 0.25) is 0 Å². The van der Waals surface area contributed by atoms with Crippen LogP contribution in [0.15, 0.2) is 66.1 Å². The summed E-state index contributed by atoms with van der Waals surface area (Å²) >= 11 is 1.30. The predicted octanol–water partition coefficient (Wildman–Crippen LogP) is 4.19. The van der Waals surface area contributed by atoms with Gasteiger partial charge in [-0.25, -0.2) is 23.4 Å². The molecule has 0 aliphatic heterocycles. The molecule has 0 aliphatic rings. The van der Waals surface area contributed by atoms with E-state index >= 15 is 0 Å². The van der Waals surface area contributed by atoms with Crippen LogP contribution in [0.25, 0.3) is 5.69 Å². The molecule has 1 amide bonds. The lowest BCUT2D eigenvalue weighted by Gasteiger charge is -2.09. The molecule has 4 aromatic rings. The van der Waals surface area contributed by atoms with Crippen molar-refractivity contribution >= 4 is 23.4 Å². The summed E-state index contributed by atoms with van der Waals surface area (Å²) in [4.78, 5) is 21.2. The molecule has 0 bridgehead atoms. The molecular weight excluding hydrogens is 422 g/mol. The van der Waals surface area contributed by atoms with Crippen molar-refractivity contribution < 1.29 is 13.6 Å². The number of hydrogen-bond acceptors (Lipinski definition) is 6. The van der Waals surface area contributed by atoms with Crippen LogP contribution < -0.4 is 5.32 Å². The Hall–Kier alpha value is -3.66. The maximum atomic E-state index is 14.0. The Morgan fingerprint density at radius 1 is 1.10 bits per heavy atom. The number of benzene rings is 2. The van der Waals surface area contributed by atoms with Crippen molar-refractivity contribution in [3.8, 4) is 5.69 Å². The number of aromatic nitrogens is 5. The minimum absolute atomic E-state index is 0.00679. The molecule has 4 rings (SSSR count). The molecule has 0 saturated heterocycles. The first-order valence-electron chi connectivity index (χ1n) is 9.19. The Balaban J connectivity index is 1.68. The Morgan fingerprint density at radius 3 is 2.58 bits per heavy atom. The summed E-state index contributed by atoms with van der Waals surface area (Å²) in [6.07, 6.45) is 3.23. The highest BCUT2D eigenvalue weighted by atomic mass is 32.2. The van der Waals surface area contributed by atoms with Crippen molar-refractivity contribution in [2.75, 3.05) is 5.32 Å². The van der Waals surface area contributed by atoms with Gasteiger partial charge in [0.25, 0.3) is 5.91 Å². The van der Waals surface area contributed by atoms with E-state index in [4.69, 9.17) is 0 Å². The quantitative estimate of drug-likeness (QED) is 0.359. The number of rotatable bonds is 6. The first kappa shape index (κ1) is 20.6. The third kappa shape index (κ3) is 4.75. The molecule has 31 heavy (non-hydrogen) atoms. The average Bonchev–Trinajstić information content (AvgIpc) is 3.20. The lowest BCUT2D eigenvalue weighted by atomic mass is 10.2. The van der Waals surface area contributed by atoms with Crippen LogP contribution in [0.2, 0.25) is 0 Å². The number of aryl methyl sites for hydroxylation is 1. The number of amides is 1. The molecule has 2 aromatic heterocycles. The zero-order valence-electron chi connectivity index (χ0n) is 16.3. The monoisotopic (exact) mass is 438 g/mol. The lowest BCUT2D eigenvalue weighted by molar-refractivity contribution is 0.102. The standard InChI is InChI=1S/C21H16F2N6OS/c1-13-3-6-15(7-4-13)29-18(12-31-21-24-9-2-10-25-21)19(27-28-29)20(30)26-17-11-14(22)5-8-16(17)23/h2-11H,12H2,1H3,(H,26,30). The Kier molecular flexibility index (Phi) is 5.99. The number of thioether (sulfide) groups is 1. The molecule has 0 saturated carbocycles. The van der Waals surface area contributed by atoms with E-state index in [1.165, 1.54) is 16.4 Å². The van der Waals surface area contributed by atoms with Crippen molar-refractivity contribution in [2.24, 2.45) is 0 Å². The van der Waals surface area contributed by atoms with E-state index in [9.17, 15) is 13.6 Å². The predicted molar refractivity (Wildman–Crippen MR) is 112 cm³/mol. The van der Waals surface area contributed by atoms with Gasteiger partial charge in [0.1, 0.15) is 11.6 Å². The second-order valence-corrected chi connectivity index (χ2v) is 7.47. The molecule has 2 aromatic carbocycles. The van der Waals surface area contributed by atoms with Crippen molar-refractivity contribution in [3.63, 3.8) is 0 Å². The van der Waals surface area contributed by atoms with Crippen molar-refractivity contribution in [1.82, 2.24) is 25.0 Å². The smallest absolute Gasteiger partial charge is 0.278 e. The summed E-state index contributed by atoms with van der Waals surface area (Å²) < 4.78 is 29.0. The van der Waals surface area contributed by atoms with Crippen molar-refractivity contribution in [1.29, 1.82) is 0 Å². The highest BCUT2D eigenvalue weighted by Crippen LogP contribution is 2.24. The summed E-state index contributed by atoms with van der Waals surface area (Å²) in [5, 5.41) is 11.0. The van der Waals surface area contributed by atoms with E-state index in [0.717, 1.165) is 23.8 Å². The van der Waals surface area contributed by atoms with Gasteiger partial charge in [-0.1, -0.05) is 34.7 Å². The molecule has 0 unspecified atom stereocenters. The van der Waals surface area contributed by atoms with E-state index in [0.29, 0.717) is 16.5 Å². The molecule has 2 heterocycles. The SMILES string of the molecule is Cc1ccc(-n2nnc(C(=O)Nc3cc(F)ccc3F)c2CSc2ncccn2)cc1. The third-order valence-corrected chi connectivity index (χ3v) is 5.20. The average molecular weight is 438 g/mol. The van der Waals surface area contributed by atoms with E-state index in [-0.39, 0.29) is 17.1 Å². The second kappa shape index (κ2) is 9.00. The molecule has 156 valence electrons. The van der Waals surface area contributed by atoms with E-state index in [1.54, 1.807) is 18.5 Å². The third-order valence-electron chi connectivity index (χ3n) is 4.31. The first-order chi connectivity index (χ1) is 15.0. The zero-order valence-corrected chi connectivity index (χ0v) is 17.1. The van der Waals surface area contributed by atoms with E-state index < -0.39 is 17.5 Å². The number of carbonyl (C=O) groups is 1. The van der Waals surface area contributed by atoms with E-state index in [1.807, 2.05) is 31.2 Å². The number of nitrogens with one attached hydrogen (secondary N) is 1. The fourth-order valence-electron chi connectivity index (χ4n) is 2.77. The Bertz CT molecular complexity index is 1210. The van der Waals surface area contributed by atoms with Crippen LogP contribution in [-0.4, -0.2) is 30.9 Å². The van der Waals surface area contributed by atoms with Gasteiger partial charge >= 0.3 is 0 Å². The molecule has 0 fully saturated rings. The van der Waals surface area contributed by atoms with Crippen LogP contribution in [0, 0.1) is 18.6 Å². The zero-order chi connectivity index (χ0) is 21.8. The fourth-order valence-corrected chi connectivity index (χ4v) is 3.56. The molecule has 1 N–H and O–H groups in total. The van der Waals surface area contributed by atoms with Crippen LogP contribution >= 0.6 is 11.8 Å². The van der Waals surface area contributed by atoms with Gasteiger partial charge < -0.3 is 5.32 Å². The van der Waals surface area contributed by atoms with E-state index in [2.05, 4.69) is 25.6 Å². The van der Waals surface area contributed by atoms with Gasteiger partial charge in [0, 0.05) is 24.2 Å². The first-order valence-corrected chi connectivity index (χ1v) is 10.2. The number of nitrogens with zero attached hydrogens (tertiary/aromatic N) is 5. The minimum Gasteiger partial charge on any atom is -0.318 e. The van der Waals surface area contributed by atoms with Gasteiger partial charge in [-0.2, -0.15) is 0 Å². The van der Waals surface area contributed by atoms with Crippen LogP contribution in [0.3, 0.4) is 0 Å². The molecule has 0 aliphatic carbocycles. The molecule has 0 atom stereocenters. The second-order valence-electron chi connectivity index (χ2n) is 6.53. The van der Waals surface area contributed by atoms with Crippen LogP contribution in [-0.2, 0) is 5.75 Å². The summed E-state index contributed by atoms with van der Waals surface area (Å²) in [5.74, 6) is -1.85. The largest absolute Gasteiger partial charge is 0.318 e. The number of anilines is 1. The van der Waals surface area contributed by atoms with Crippen LogP contribution in [0.4, 0.5) is 14.5 Å². The number of hydrogen-bond donors (Lipinski definition) is 1.